The molecule has 0 aromatic heterocycles. The summed E-state index contributed by atoms with van der Waals surface area (Å²) in [6.07, 6.45) is 4.57. The lowest BCUT2D eigenvalue weighted by atomic mass is 9.52. The van der Waals surface area contributed by atoms with Crippen molar-refractivity contribution in [2.24, 2.45) is 11.8 Å². The summed E-state index contributed by atoms with van der Waals surface area (Å²) in [5.41, 5.74) is -0.266. The molecule has 4 saturated carbocycles. The summed E-state index contributed by atoms with van der Waals surface area (Å²) in [6, 6.07) is 9.08. The molecular formula is C21H26O5S. The molecule has 6 heteroatoms. The quantitative estimate of drug-likeness (QED) is 0.420. The van der Waals surface area contributed by atoms with Gasteiger partial charge in [-0.15, -0.1) is 0 Å². The second kappa shape index (κ2) is 6.45. The average molecular weight is 391 g/mol. The summed E-state index contributed by atoms with van der Waals surface area (Å²) >= 11 is 0. The van der Waals surface area contributed by atoms with E-state index in [2.05, 4.69) is 6.58 Å². The third kappa shape index (κ3) is 3.83. The molecule has 0 aliphatic heterocycles. The Bertz CT molecular complexity index is 844. The van der Waals surface area contributed by atoms with E-state index in [-0.39, 0.29) is 11.7 Å². The van der Waals surface area contributed by atoms with Gasteiger partial charge in [0, 0.05) is 12.0 Å². The zero-order chi connectivity index (χ0) is 19.3. The standard InChI is InChI=1S/C21H26O5S/c1-15(2)19(22)25-20-9-17-8-18(10-20)12-21(11-17,14-20)26-27(23,24)13-16-6-4-3-5-7-16/h3-7,17-18H,1,8-14H2,2H3. The van der Waals surface area contributed by atoms with Gasteiger partial charge in [-0.1, -0.05) is 36.9 Å². The Morgan fingerprint density at radius 1 is 1.11 bits per heavy atom. The van der Waals surface area contributed by atoms with E-state index in [0.29, 0.717) is 29.4 Å². The molecule has 2 unspecified atom stereocenters. The predicted octanol–water partition coefficient (Wildman–Crippen LogP) is 3.74. The molecule has 0 saturated heterocycles. The van der Waals surface area contributed by atoms with Gasteiger partial charge in [0.2, 0.25) is 0 Å². The number of carbonyl (C=O) groups is 1. The van der Waals surface area contributed by atoms with Crippen molar-refractivity contribution in [2.45, 2.75) is 62.4 Å². The first-order valence-corrected chi connectivity index (χ1v) is 11.1. The van der Waals surface area contributed by atoms with Crippen LogP contribution in [0.1, 0.15) is 51.0 Å². The summed E-state index contributed by atoms with van der Waals surface area (Å²) < 4.78 is 37.3. The fourth-order valence-corrected chi connectivity index (χ4v) is 7.07. The highest BCUT2D eigenvalue weighted by Crippen LogP contribution is 2.60. The molecule has 27 heavy (non-hydrogen) atoms. The van der Waals surface area contributed by atoms with Crippen LogP contribution < -0.4 is 0 Å². The van der Waals surface area contributed by atoms with Gasteiger partial charge in [-0.25, -0.2) is 4.79 Å². The van der Waals surface area contributed by atoms with E-state index in [4.69, 9.17) is 8.92 Å². The second-order valence-corrected chi connectivity index (χ2v) is 10.3. The van der Waals surface area contributed by atoms with Crippen LogP contribution in [0.5, 0.6) is 0 Å². The van der Waals surface area contributed by atoms with E-state index in [9.17, 15) is 13.2 Å². The number of hydrogen-bond donors (Lipinski definition) is 0. The molecule has 5 rings (SSSR count). The van der Waals surface area contributed by atoms with Crippen molar-refractivity contribution in [3.63, 3.8) is 0 Å². The molecular weight excluding hydrogens is 364 g/mol. The zero-order valence-corrected chi connectivity index (χ0v) is 16.5. The van der Waals surface area contributed by atoms with Crippen molar-refractivity contribution < 1.29 is 22.1 Å². The summed E-state index contributed by atoms with van der Waals surface area (Å²) in [4.78, 5) is 12.2. The Labute approximate surface area is 160 Å². The minimum Gasteiger partial charge on any atom is -0.456 e. The van der Waals surface area contributed by atoms with Crippen molar-refractivity contribution in [3.8, 4) is 0 Å². The molecule has 0 amide bonds. The van der Waals surface area contributed by atoms with Crippen LogP contribution in [0.3, 0.4) is 0 Å². The fourth-order valence-electron chi connectivity index (χ4n) is 5.67. The summed E-state index contributed by atoms with van der Waals surface area (Å²) in [7, 11) is -3.73. The molecule has 5 nitrogen and oxygen atoms in total. The predicted molar refractivity (Wildman–Crippen MR) is 101 cm³/mol. The molecule has 4 aliphatic rings. The highest BCUT2D eigenvalue weighted by molar-refractivity contribution is 7.85. The monoisotopic (exact) mass is 390 g/mol. The van der Waals surface area contributed by atoms with Gasteiger partial charge in [0.25, 0.3) is 10.1 Å². The molecule has 2 atom stereocenters. The topological polar surface area (TPSA) is 69.7 Å². The third-order valence-corrected chi connectivity index (χ3v) is 7.40. The maximum absolute atomic E-state index is 12.8. The van der Waals surface area contributed by atoms with Gasteiger partial charge in [0.05, 0.1) is 5.60 Å². The van der Waals surface area contributed by atoms with Crippen LogP contribution in [0.2, 0.25) is 0 Å². The van der Waals surface area contributed by atoms with Crippen LogP contribution in [-0.2, 0) is 29.6 Å². The lowest BCUT2D eigenvalue weighted by molar-refractivity contribution is -0.209. The van der Waals surface area contributed by atoms with Gasteiger partial charge in [0.15, 0.2) is 0 Å². The minimum absolute atomic E-state index is 0.135. The summed E-state index contributed by atoms with van der Waals surface area (Å²) in [5.74, 6) is 0.162. The van der Waals surface area contributed by atoms with Gasteiger partial charge in [0.1, 0.15) is 11.4 Å². The van der Waals surface area contributed by atoms with Crippen molar-refractivity contribution in [2.75, 3.05) is 0 Å². The molecule has 0 N–H and O–H groups in total. The Morgan fingerprint density at radius 3 is 2.30 bits per heavy atom. The van der Waals surface area contributed by atoms with Crippen LogP contribution in [-0.4, -0.2) is 25.6 Å². The number of ether oxygens (including phenoxy) is 1. The smallest absolute Gasteiger partial charge is 0.333 e. The zero-order valence-electron chi connectivity index (χ0n) is 15.6. The molecule has 4 aliphatic carbocycles. The minimum atomic E-state index is -3.73. The van der Waals surface area contributed by atoms with Gasteiger partial charge in [-0.3, -0.25) is 4.18 Å². The van der Waals surface area contributed by atoms with Crippen molar-refractivity contribution in [1.82, 2.24) is 0 Å². The average Bonchev–Trinajstić information content (AvgIpc) is 2.52. The van der Waals surface area contributed by atoms with Crippen LogP contribution >= 0.6 is 0 Å². The van der Waals surface area contributed by atoms with Gasteiger partial charge >= 0.3 is 5.97 Å². The van der Waals surface area contributed by atoms with E-state index in [1.807, 2.05) is 18.2 Å². The Morgan fingerprint density at radius 2 is 1.70 bits per heavy atom. The Balaban J connectivity index is 1.55. The molecule has 4 bridgehead atoms. The maximum atomic E-state index is 12.8. The number of carbonyl (C=O) groups excluding carboxylic acids is 1. The van der Waals surface area contributed by atoms with E-state index in [0.717, 1.165) is 32.1 Å². The van der Waals surface area contributed by atoms with E-state index in [1.165, 1.54) is 0 Å². The molecule has 0 heterocycles. The van der Waals surface area contributed by atoms with Crippen LogP contribution in [0.25, 0.3) is 0 Å². The van der Waals surface area contributed by atoms with E-state index < -0.39 is 21.3 Å². The lowest BCUT2D eigenvalue weighted by Crippen LogP contribution is -2.61. The van der Waals surface area contributed by atoms with E-state index in [1.54, 1.807) is 19.1 Å². The maximum Gasteiger partial charge on any atom is 0.333 e. The first kappa shape index (κ1) is 18.7. The summed E-state index contributed by atoms with van der Waals surface area (Å²) in [6.45, 7) is 5.31. The molecule has 146 valence electrons. The fraction of sp³-hybridized carbons (Fsp3) is 0.571. The Hall–Kier alpha value is -1.66. The molecule has 4 fully saturated rings. The SMILES string of the molecule is C=C(C)C(=O)OC12CC3CC(C1)CC(OS(=O)(=O)Cc1ccccc1)(C3)C2. The van der Waals surface area contributed by atoms with Gasteiger partial charge in [-0.05, 0) is 56.4 Å². The number of esters is 1. The van der Waals surface area contributed by atoms with Crippen LogP contribution in [0, 0.1) is 11.8 Å². The first-order chi connectivity index (χ1) is 12.7. The molecule has 1 aromatic rings. The van der Waals surface area contributed by atoms with Crippen LogP contribution in [0.15, 0.2) is 42.5 Å². The molecule has 1 aromatic carbocycles. The van der Waals surface area contributed by atoms with Gasteiger partial charge < -0.3 is 4.74 Å². The van der Waals surface area contributed by atoms with Crippen molar-refractivity contribution in [1.29, 1.82) is 0 Å². The number of benzene rings is 1. The lowest BCUT2D eigenvalue weighted by Gasteiger charge is -2.60. The normalized spacial score (nSPS) is 34.4. The van der Waals surface area contributed by atoms with Crippen molar-refractivity contribution >= 4 is 16.1 Å². The highest BCUT2D eigenvalue weighted by Gasteiger charge is 2.61. The van der Waals surface area contributed by atoms with E-state index >= 15 is 0 Å². The number of hydrogen-bond acceptors (Lipinski definition) is 5. The number of rotatable bonds is 6. The first-order valence-electron chi connectivity index (χ1n) is 9.54. The molecule has 0 radical (unpaired) electrons. The van der Waals surface area contributed by atoms with Crippen molar-refractivity contribution in [3.05, 3.63) is 48.0 Å². The largest absolute Gasteiger partial charge is 0.456 e. The Kier molecular flexibility index (Phi) is 4.47. The highest BCUT2D eigenvalue weighted by atomic mass is 32.2. The summed E-state index contributed by atoms with van der Waals surface area (Å²) in [5, 5.41) is 0. The third-order valence-electron chi connectivity index (χ3n) is 6.10. The van der Waals surface area contributed by atoms with Gasteiger partial charge in [-0.2, -0.15) is 8.42 Å². The van der Waals surface area contributed by atoms with Crippen LogP contribution in [0.4, 0.5) is 0 Å². The second-order valence-electron chi connectivity index (χ2n) is 8.77. The molecule has 0 spiro atoms.